The summed E-state index contributed by atoms with van der Waals surface area (Å²) in [7, 11) is 2.03. The third-order valence-electron chi connectivity index (χ3n) is 9.58. The molecule has 0 aliphatic carbocycles. The lowest BCUT2D eigenvalue weighted by atomic mass is 10.1. The number of carbonyl (C=O) groups excluding carboxylic acids is 7. The van der Waals surface area contributed by atoms with Crippen molar-refractivity contribution in [3.05, 3.63) is 52.1 Å². The van der Waals surface area contributed by atoms with Crippen LogP contribution in [-0.2, 0) is 64.0 Å². The molecule has 3 aromatic rings. The van der Waals surface area contributed by atoms with Crippen molar-refractivity contribution in [2.24, 2.45) is 0 Å². The fraction of sp³-hybridized carbons (Fsp3) is 0.415. The minimum Gasteiger partial charge on any atom is -0.481 e. The highest BCUT2D eigenvalue weighted by molar-refractivity contribution is 8.76. The lowest BCUT2D eigenvalue weighted by Gasteiger charge is -2.25. The van der Waals surface area contributed by atoms with Crippen LogP contribution in [0.15, 0.2) is 35.3 Å². The summed E-state index contributed by atoms with van der Waals surface area (Å²) in [6, 6.07) is -5.48. The van der Waals surface area contributed by atoms with Crippen LogP contribution in [0.25, 0.3) is 11.2 Å². The highest BCUT2D eigenvalue weighted by Gasteiger charge is 2.35. The molecule has 6 atom stereocenters. The maximum Gasteiger partial charge on any atom is 0.326 e. The third-order valence-corrected chi connectivity index (χ3v) is 12.0. The van der Waals surface area contributed by atoms with Crippen LogP contribution in [0.1, 0.15) is 62.0 Å². The van der Waals surface area contributed by atoms with E-state index < -0.39 is 145 Å². The molecular weight excluding hydrogens is 1030 g/mol. The van der Waals surface area contributed by atoms with Crippen molar-refractivity contribution in [2.75, 3.05) is 29.2 Å². The van der Waals surface area contributed by atoms with Gasteiger partial charge in [0.25, 0.3) is 11.5 Å². The Kier molecular flexibility index (Phi) is 23.4. The molecule has 0 fully saturated rings. The number of carboxylic acid groups (broad SMARTS) is 5. The number of carboxylic acids is 5. The van der Waals surface area contributed by atoms with Gasteiger partial charge < -0.3 is 73.2 Å². The molecule has 0 aliphatic heterocycles. The van der Waals surface area contributed by atoms with Crippen LogP contribution in [0.3, 0.4) is 0 Å². The van der Waals surface area contributed by atoms with Crippen molar-refractivity contribution < 1.29 is 87.8 Å². The Morgan fingerprint density at radius 3 is 1.76 bits per heavy atom. The van der Waals surface area contributed by atoms with E-state index >= 15 is 0 Å². The Hall–Kier alpha value is -8.62. The smallest absolute Gasteiger partial charge is 0.326 e. The van der Waals surface area contributed by atoms with E-state index in [-0.39, 0.29) is 47.3 Å². The topological polar surface area (TPSA) is 497 Å². The van der Waals surface area contributed by atoms with Gasteiger partial charge in [-0.1, -0.05) is 21.6 Å². The number of carbonyl (C=O) groups is 12. The Balaban J connectivity index is 1.66. The molecule has 33 heteroatoms. The molecule has 1 aromatic carbocycles. The number of benzene rings is 1. The summed E-state index contributed by atoms with van der Waals surface area (Å²) in [6.45, 7) is 2.33. The van der Waals surface area contributed by atoms with Gasteiger partial charge in [0.05, 0.1) is 37.7 Å². The number of aromatic nitrogens is 4. The van der Waals surface area contributed by atoms with E-state index in [1.54, 1.807) is 0 Å². The van der Waals surface area contributed by atoms with Crippen molar-refractivity contribution >= 4 is 116 Å². The molecule has 74 heavy (non-hydrogen) atoms. The molecule has 15 N–H and O–H groups in total. The third kappa shape index (κ3) is 20.6. The first-order chi connectivity index (χ1) is 34.8. The van der Waals surface area contributed by atoms with Crippen LogP contribution in [0, 0.1) is 0 Å². The molecule has 0 saturated heterocycles. The van der Waals surface area contributed by atoms with Crippen LogP contribution in [0.4, 0.5) is 11.6 Å². The minimum absolute atomic E-state index is 0.0153. The largest absolute Gasteiger partial charge is 0.481 e. The highest BCUT2D eigenvalue weighted by atomic mass is 33.1. The van der Waals surface area contributed by atoms with Crippen LogP contribution in [0.5, 0.6) is 0 Å². The number of amides is 6. The van der Waals surface area contributed by atoms with Crippen molar-refractivity contribution in [1.29, 1.82) is 0 Å². The number of rotatable bonds is 31. The first kappa shape index (κ1) is 59.7. The number of esters is 1. The second-order valence-electron chi connectivity index (χ2n) is 15.4. The maximum atomic E-state index is 13.5. The van der Waals surface area contributed by atoms with E-state index in [1.165, 1.54) is 37.4 Å². The SMILES string of the molecule is CC(=O)OCCSSC[C@H](NC(=O)[C@H](CC(=O)O)NC(=O)[C@H](CC(=O)O)NC(=O)[C@H](CC(=O)O)NC(=O)CC[C@H](NC(=O)c1ccc(NCc2cnc3nc(N)[nH]c(=O)c3n2)cc1)C(=O)O)C(=O)N[C@@H](C)C(=O)O. The number of H-pyrrole nitrogens is 1. The van der Waals surface area contributed by atoms with Crippen LogP contribution in [0.2, 0.25) is 0 Å². The Morgan fingerprint density at radius 2 is 1.23 bits per heavy atom. The summed E-state index contributed by atoms with van der Waals surface area (Å²) < 4.78 is 4.80. The first-order valence-corrected chi connectivity index (χ1v) is 24.0. The number of nitrogen functional groups attached to an aromatic ring is 1. The van der Waals surface area contributed by atoms with Gasteiger partial charge in [0.1, 0.15) is 42.9 Å². The predicted molar refractivity (Wildman–Crippen MR) is 256 cm³/mol. The Bertz CT molecular complexity index is 2670. The van der Waals surface area contributed by atoms with Crippen LogP contribution < -0.4 is 48.5 Å². The normalized spacial score (nSPS) is 13.2. The summed E-state index contributed by atoms with van der Waals surface area (Å²) >= 11 is 0. The number of aromatic amines is 1. The van der Waals surface area contributed by atoms with Gasteiger partial charge in [0.15, 0.2) is 11.2 Å². The lowest BCUT2D eigenvalue weighted by Crippen LogP contribution is -2.59. The van der Waals surface area contributed by atoms with E-state index in [9.17, 15) is 87.9 Å². The second kappa shape index (κ2) is 29.0. The zero-order chi connectivity index (χ0) is 55.2. The average molecular weight is 1080 g/mol. The van der Waals surface area contributed by atoms with E-state index in [2.05, 4.69) is 41.2 Å². The summed E-state index contributed by atoms with van der Waals surface area (Å²) in [5, 5.41) is 63.2. The molecule has 0 radical (unpaired) electrons. The molecular formula is C41H50N12O19S2. The molecule has 0 spiro atoms. The first-order valence-electron chi connectivity index (χ1n) is 21.5. The van der Waals surface area contributed by atoms with Gasteiger partial charge >= 0.3 is 35.8 Å². The zero-order valence-electron chi connectivity index (χ0n) is 38.9. The number of aliphatic carboxylic acids is 5. The van der Waals surface area contributed by atoms with Crippen molar-refractivity contribution in [3.8, 4) is 0 Å². The van der Waals surface area contributed by atoms with Gasteiger partial charge in [-0.2, -0.15) is 4.98 Å². The molecule has 0 unspecified atom stereocenters. The van der Waals surface area contributed by atoms with Crippen molar-refractivity contribution in [2.45, 2.75) is 88.7 Å². The number of nitrogens with one attached hydrogen (secondary N) is 8. The summed E-state index contributed by atoms with van der Waals surface area (Å²) in [6.07, 6.45) is -3.63. The Labute approximate surface area is 424 Å². The molecule has 6 amide bonds. The molecule has 0 bridgehead atoms. The molecule has 3 rings (SSSR count). The lowest BCUT2D eigenvalue weighted by molar-refractivity contribution is -0.144. The molecule has 400 valence electrons. The monoisotopic (exact) mass is 1080 g/mol. The van der Waals surface area contributed by atoms with Gasteiger partial charge in [0.2, 0.25) is 35.5 Å². The quantitative estimate of drug-likeness (QED) is 0.0171. The molecule has 0 saturated carbocycles. The standard InChI is InChI=1S/C41H50N12O19S2/c1-17(39(68)69)45-37(66)26(16-74-73-10-9-72-18(2)54)51-36(65)25(13-30(60)61)50-35(64)24(12-29(58)59)49-34(63)23(11-28(56)57)47-27(55)8-7-22(40(70)71)48-33(62)19-3-5-20(6-4-19)43-14-21-15-44-32-31(46-21)38(67)53-41(42)52-32/h3-6,15,17,22-26,43H,7-14,16H2,1-2H3,(H,45,66)(H,47,55)(H,48,62)(H,49,63)(H,50,64)(H,51,65)(H,56,57)(H,58,59)(H,60,61)(H,68,69)(H,70,71)(H3,42,44,52,53,67)/t17-,22-,23-,24-,25-,26-/m0/s1. The van der Waals surface area contributed by atoms with Gasteiger partial charge in [-0.15, -0.1) is 0 Å². The number of nitrogens with zero attached hydrogens (tertiary/aromatic N) is 3. The number of nitrogens with two attached hydrogens (primary N) is 1. The highest BCUT2D eigenvalue weighted by Crippen LogP contribution is 2.22. The zero-order valence-corrected chi connectivity index (χ0v) is 40.5. The fourth-order valence-corrected chi connectivity index (χ4v) is 7.94. The second-order valence-corrected chi connectivity index (χ2v) is 18.1. The van der Waals surface area contributed by atoms with Crippen LogP contribution in [-0.4, -0.2) is 171 Å². The van der Waals surface area contributed by atoms with Crippen molar-refractivity contribution in [3.63, 3.8) is 0 Å². The van der Waals surface area contributed by atoms with E-state index in [0.29, 0.717) is 11.4 Å². The maximum absolute atomic E-state index is 13.5. The van der Waals surface area contributed by atoms with Gasteiger partial charge in [-0.25, -0.2) is 14.8 Å². The van der Waals surface area contributed by atoms with Gasteiger partial charge in [-0.3, -0.25) is 62.5 Å². The molecule has 31 nitrogen and oxygen atoms in total. The fourth-order valence-electron chi connectivity index (χ4n) is 5.95. The minimum atomic E-state index is -2.18. The number of anilines is 2. The molecule has 2 heterocycles. The number of hydrogen-bond acceptors (Lipinski definition) is 21. The average Bonchev–Trinajstić information content (AvgIpc) is 3.31. The molecule has 0 aliphatic rings. The van der Waals surface area contributed by atoms with E-state index in [0.717, 1.165) is 28.5 Å². The van der Waals surface area contributed by atoms with Gasteiger partial charge in [-0.05, 0) is 37.6 Å². The van der Waals surface area contributed by atoms with Crippen LogP contribution >= 0.6 is 21.6 Å². The number of ether oxygens (including phenoxy) is 1. The number of hydrogen-bond donors (Lipinski definition) is 14. The molecule has 2 aromatic heterocycles. The summed E-state index contributed by atoms with van der Waals surface area (Å²) in [5.41, 5.74) is 5.72. The van der Waals surface area contributed by atoms with Gasteiger partial charge in [0, 0.05) is 36.1 Å². The van der Waals surface area contributed by atoms with E-state index in [4.69, 9.17) is 10.5 Å². The predicted octanol–water partition coefficient (Wildman–Crippen LogP) is -3.23. The Morgan fingerprint density at radius 1 is 0.689 bits per heavy atom. The summed E-state index contributed by atoms with van der Waals surface area (Å²) in [4.78, 5) is 176. The van der Waals surface area contributed by atoms with E-state index in [1.807, 2.05) is 16.0 Å². The number of fused-ring (bicyclic) bond motifs is 1. The van der Waals surface area contributed by atoms with Crippen molar-refractivity contribution in [1.82, 2.24) is 51.8 Å². The summed E-state index contributed by atoms with van der Waals surface area (Å²) in [5.74, 6) is -16.4.